The SMILES string of the molecule is CCSC(=O)C(Br)CC. The van der Waals surface area contributed by atoms with E-state index in [2.05, 4.69) is 15.9 Å². The number of thioether (sulfide) groups is 1. The molecule has 3 heteroatoms. The number of alkyl halides is 1. The average molecular weight is 211 g/mol. The lowest BCUT2D eigenvalue weighted by Gasteiger charge is -2.01. The van der Waals surface area contributed by atoms with Crippen molar-refractivity contribution in [1.82, 2.24) is 0 Å². The molecule has 0 fully saturated rings. The van der Waals surface area contributed by atoms with Crippen LogP contribution < -0.4 is 0 Å². The van der Waals surface area contributed by atoms with E-state index in [1.165, 1.54) is 11.8 Å². The lowest BCUT2D eigenvalue weighted by atomic mass is 10.4. The van der Waals surface area contributed by atoms with E-state index in [9.17, 15) is 4.79 Å². The monoisotopic (exact) mass is 210 g/mol. The Kier molecular flexibility index (Phi) is 5.59. The summed E-state index contributed by atoms with van der Waals surface area (Å²) >= 11 is 4.65. The van der Waals surface area contributed by atoms with Crippen LogP contribution in [0.3, 0.4) is 0 Å². The summed E-state index contributed by atoms with van der Waals surface area (Å²) in [7, 11) is 0. The van der Waals surface area contributed by atoms with Gasteiger partial charge in [0.25, 0.3) is 0 Å². The lowest BCUT2D eigenvalue weighted by Crippen LogP contribution is -2.07. The molecule has 54 valence electrons. The molecular weight excluding hydrogens is 200 g/mol. The number of rotatable bonds is 3. The molecule has 0 bridgehead atoms. The molecule has 0 aliphatic heterocycles. The van der Waals surface area contributed by atoms with Crippen LogP contribution in [-0.4, -0.2) is 15.7 Å². The van der Waals surface area contributed by atoms with Crippen LogP contribution in [0.1, 0.15) is 20.3 Å². The molecule has 1 nitrogen and oxygen atoms in total. The maximum Gasteiger partial charge on any atom is 0.202 e. The van der Waals surface area contributed by atoms with E-state index in [1.807, 2.05) is 13.8 Å². The molecule has 0 spiro atoms. The highest BCUT2D eigenvalue weighted by atomic mass is 79.9. The Morgan fingerprint density at radius 1 is 1.67 bits per heavy atom. The van der Waals surface area contributed by atoms with E-state index < -0.39 is 0 Å². The largest absolute Gasteiger partial charge is 0.286 e. The molecule has 9 heavy (non-hydrogen) atoms. The van der Waals surface area contributed by atoms with Gasteiger partial charge in [-0.15, -0.1) is 0 Å². The third-order valence-corrected chi connectivity index (χ3v) is 3.12. The van der Waals surface area contributed by atoms with Crippen LogP contribution in [0.25, 0.3) is 0 Å². The van der Waals surface area contributed by atoms with Crippen molar-refractivity contribution in [1.29, 1.82) is 0 Å². The molecular formula is C6H11BrOS. The van der Waals surface area contributed by atoms with Crippen molar-refractivity contribution in [3.8, 4) is 0 Å². The van der Waals surface area contributed by atoms with Gasteiger partial charge in [0.05, 0.1) is 4.83 Å². The molecule has 0 saturated heterocycles. The van der Waals surface area contributed by atoms with Gasteiger partial charge in [-0.2, -0.15) is 0 Å². The summed E-state index contributed by atoms with van der Waals surface area (Å²) in [6, 6.07) is 0. The Bertz CT molecular complexity index is 95.1. The Morgan fingerprint density at radius 3 is 2.56 bits per heavy atom. The predicted molar refractivity (Wildman–Crippen MR) is 46.1 cm³/mol. The van der Waals surface area contributed by atoms with Crippen LogP contribution in [0, 0.1) is 0 Å². The first kappa shape index (κ1) is 9.50. The topological polar surface area (TPSA) is 17.1 Å². The van der Waals surface area contributed by atoms with E-state index in [1.54, 1.807) is 0 Å². The number of halogens is 1. The number of hydrogen-bond donors (Lipinski definition) is 0. The summed E-state index contributed by atoms with van der Waals surface area (Å²) in [6.07, 6.45) is 0.881. The van der Waals surface area contributed by atoms with Crippen molar-refractivity contribution in [2.24, 2.45) is 0 Å². The summed E-state index contributed by atoms with van der Waals surface area (Å²) in [5.41, 5.74) is 0. The molecule has 1 unspecified atom stereocenters. The Balaban J connectivity index is 3.46. The second-order valence-electron chi connectivity index (χ2n) is 1.63. The van der Waals surface area contributed by atoms with Crippen LogP contribution in [0.15, 0.2) is 0 Å². The molecule has 0 N–H and O–H groups in total. The van der Waals surface area contributed by atoms with Gasteiger partial charge in [0, 0.05) is 0 Å². The Hall–Kier alpha value is 0.500. The van der Waals surface area contributed by atoms with Gasteiger partial charge in [0.1, 0.15) is 0 Å². The van der Waals surface area contributed by atoms with Crippen molar-refractivity contribution in [2.75, 3.05) is 5.75 Å². The molecule has 0 aromatic heterocycles. The van der Waals surface area contributed by atoms with E-state index in [-0.39, 0.29) is 9.94 Å². The molecule has 0 aliphatic carbocycles. The highest BCUT2D eigenvalue weighted by molar-refractivity contribution is 9.10. The van der Waals surface area contributed by atoms with Crippen molar-refractivity contribution in [3.63, 3.8) is 0 Å². The zero-order chi connectivity index (χ0) is 7.28. The highest BCUT2D eigenvalue weighted by Crippen LogP contribution is 2.14. The maximum atomic E-state index is 10.9. The summed E-state index contributed by atoms with van der Waals surface area (Å²) in [5, 5.41) is 0.250. The van der Waals surface area contributed by atoms with Gasteiger partial charge in [-0.1, -0.05) is 41.5 Å². The van der Waals surface area contributed by atoms with Crippen LogP contribution in [-0.2, 0) is 4.79 Å². The summed E-state index contributed by atoms with van der Waals surface area (Å²) in [5.74, 6) is 0.876. The third kappa shape index (κ3) is 3.98. The molecule has 0 saturated carbocycles. The molecule has 0 heterocycles. The average Bonchev–Trinajstić information content (AvgIpc) is 1.87. The normalized spacial score (nSPS) is 13.2. The van der Waals surface area contributed by atoms with Gasteiger partial charge in [-0.25, -0.2) is 0 Å². The molecule has 0 aromatic carbocycles. The Labute approximate surface area is 68.7 Å². The molecule has 0 amide bonds. The second kappa shape index (κ2) is 5.30. The van der Waals surface area contributed by atoms with E-state index in [4.69, 9.17) is 0 Å². The third-order valence-electron chi connectivity index (χ3n) is 0.901. The zero-order valence-electron chi connectivity index (χ0n) is 5.69. The molecule has 0 aliphatic rings. The smallest absolute Gasteiger partial charge is 0.202 e. The van der Waals surface area contributed by atoms with Crippen LogP contribution >= 0.6 is 27.7 Å². The van der Waals surface area contributed by atoms with Crippen LogP contribution in [0.5, 0.6) is 0 Å². The van der Waals surface area contributed by atoms with Crippen molar-refractivity contribution in [3.05, 3.63) is 0 Å². The summed E-state index contributed by atoms with van der Waals surface area (Å²) < 4.78 is 0. The standard InChI is InChI=1S/C6H11BrOS/c1-3-5(7)6(8)9-4-2/h5H,3-4H2,1-2H3. The van der Waals surface area contributed by atoms with Gasteiger partial charge in [-0.3, -0.25) is 4.79 Å². The quantitative estimate of drug-likeness (QED) is 0.667. The fourth-order valence-electron chi connectivity index (χ4n) is 0.399. The van der Waals surface area contributed by atoms with Gasteiger partial charge in [0.2, 0.25) is 5.12 Å². The van der Waals surface area contributed by atoms with Crippen molar-refractivity contribution >= 4 is 32.8 Å². The highest BCUT2D eigenvalue weighted by Gasteiger charge is 2.10. The molecule has 1 atom stereocenters. The molecule has 0 aromatic rings. The fourth-order valence-corrected chi connectivity index (χ4v) is 1.43. The van der Waals surface area contributed by atoms with Crippen LogP contribution in [0.2, 0.25) is 0 Å². The minimum atomic E-state index is 0.0578. The first-order valence-corrected chi connectivity index (χ1v) is 4.93. The van der Waals surface area contributed by atoms with Gasteiger partial charge >= 0.3 is 0 Å². The van der Waals surface area contributed by atoms with E-state index >= 15 is 0 Å². The second-order valence-corrected chi connectivity index (χ2v) is 4.00. The van der Waals surface area contributed by atoms with Crippen molar-refractivity contribution < 1.29 is 4.79 Å². The Morgan fingerprint density at radius 2 is 2.22 bits per heavy atom. The van der Waals surface area contributed by atoms with Crippen LogP contribution in [0.4, 0.5) is 0 Å². The number of carbonyl (C=O) groups is 1. The van der Waals surface area contributed by atoms with E-state index in [0.717, 1.165) is 12.2 Å². The maximum absolute atomic E-state index is 10.9. The fraction of sp³-hybridized carbons (Fsp3) is 0.833. The summed E-state index contributed by atoms with van der Waals surface area (Å²) in [4.78, 5) is 10.9. The van der Waals surface area contributed by atoms with E-state index in [0.29, 0.717) is 0 Å². The minimum Gasteiger partial charge on any atom is -0.286 e. The summed E-state index contributed by atoms with van der Waals surface area (Å²) in [6.45, 7) is 3.98. The first-order valence-electron chi connectivity index (χ1n) is 3.03. The predicted octanol–water partition coefficient (Wildman–Crippen LogP) is 2.44. The van der Waals surface area contributed by atoms with Gasteiger partial charge in [-0.05, 0) is 12.2 Å². The first-order chi connectivity index (χ1) is 4.22. The number of hydrogen-bond acceptors (Lipinski definition) is 2. The van der Waals surface area contributed by atoms with Gasteiger partial charge < -0.3 is 0 Å². The number of carbonyl (C=O) groups excluding carboxylic acids is 1. The van der Waals surface area contributed by atoms with Gasteiger partial charge in [0.15, 0.2) is 0 Å². The molecule has 0 radical (unpaired) electrons. The zero-order valence-corrected chi connectivity index (χ0v) is 8.09. The van der Waals surface area contributed by atoms with Crippen molar-refractivity contribution in [2.45, 2.75) is 25.1 Å². The minimum absolute atomic E-state index is 0.0578. The lowest BCUT2D eigenvalue weighted by molar-refractivity contribution is -0.110. The molecule has 0 rings (SSSR count).